The summed E-state index contributed by atoms with van der Waals surface area (Å²) in [7, 11) is 4.25. The number of allylic oxidation sites excluding steroid dienone is 1. The minimum atomic E-state index is 0.279. The van der Waals surface area contributed by atoms with E-state index in [4.69, 9.17) is 4.74 Å². The van der Waals surface area contributed by atoms with E-state index >= 15 is 0 Å². The number of phenolic OH excluding ortho intramolecular Hbond substituents is 1. The van der Waals surface area contributed by atoms with Gasteiger partial charge in [0.2, 0.25) is 0 Å². The number of hydrogen-bond donors (Lipinski definition) is 1. The molecule has 0 radical (unpaired) electrons. The molecular formula is C30H37NO2. The summed E-state index contributed by atoms with van der Waals surface area (Å²) in [6.07, 6.45) is 4.16. The molecule has 3 heteroatoms. The highest BCUT2D eigenvalue weighted by molar-refractivity contribution is 5.98. The van der Waals surface area contributed by atoms with E-state index in [0.29, 0.717) is 12.6 Å². The van der Waals surface area contributed by atoms with Gasteiger partial charge in [-0.15, -0.1) is 0 Å². The average molecular weight is 444 g/mol. The molecule has 0 aliphatic carbocycles. The fourth-order valence-corrected chi connectivity index (χ4v) is 4.30. The molecule has 0 saturated carbocycles. The minimum absolute atomic E-state index is 0.279. The summed E-state index contributed by atoms with van der Waals surface area (Å²) >= 11 is 0. The molecule has 3 aromatic carbocycles. The van der Waals surface area contributed by atoms with Crippen LogP contribution >= 0.6 is 0 Å². The first-order valence-electron chi connectivity index (χ1n) is 12.0. The normalized spacial score (nSPS) is 13.0. The van der Waals surface area contributed by atoms with Crippen molar-refractivity contribution >= 4 is 11.1 Å². The van der Waals surface area contributed by atoms with Gasteiger partial charge in [0.15, 0.2) is 0 Å². The third kappa shape index (κ3) is 6.72. The first-order valence-corrected chi connectivity index (χ1v) is 12.0. The predicted molar refractivity (Wildman–Crippen MR) is 140 cm³/mol. The van der Waals surface area contributed by atoms with Gasteiger partial charge in [-0.1, -0.05) is 74.9 Å². The smallest absolute Gasteiger partial charge is 0.119 e. The third-order valence-electron chi connectivity index (χ3n) is 6.14. The van der Waals surface area contributed by atoms with Gasteiger partial charge in [-0.25, -0.2) is 0 Å². The van der Waals surface area contributed by atoms with Crippen LogP contribution in [0.4, 0.5) is 0 Å². The maximum Gasteiger partial charge on any atom is 0.119 e. The van der Waals surface area contributed by atoms with Crippen LogP contribution in [0.1, 0.15) is 56.2 Å². The van der Waals surface area contributed by atoms with Crippen LogP contribution in [0.25, 0.3) is 11.1 Å². The molecule has 3 rings (SSSR count). The van der Waals surface area contributed by atoms with E-state index in [1.807, 2.05) is 12.1 Å². The quantitative estimate of drug-likeness (QED) is 0.317. The third-order valence-corrected chi connectivity index (χ3v) is 6.14. The van der Waals surface area contributed by atoms with Crippen molar-refractivity contribution in [3.63, 3.8) is 0 Å². The summed E-state index contributed by atoms with van der Waals surface area (Å²) in [6, 6.07) is 27.1. The maximum atomic E-state index is 9.84. The van der Waals surface area contributed by atoms with Crippen molar-refractivity contribution in [1.29, 1.82) is 0 Å². The molecule has 0 spiro atoms. The molecule has 1 unspecified atom stereocenters. The zero-order valence-electron chi connectivity index (χ0n) is 20.4. The van der Waals surface area contributed by atoms with Crippen LogP contribution in [-0.2, 0) is 0 Å². The highest BCUT2D eigenvalue weighted by Crippen LogP contribution is 2.36. The van der Waals surface area contributed by atoms with Crippen LogP contribution in [0.15, 0.2) is 78.9 Å². The second-order valence-corrected chi connectivity index (χ2v) is 8.70. The average Bonchev–Trinajstić information content (AvgIpc) is 2.84. The summed E-state index contributed by atoms with van der Waals surface area (Å²) in [5.74, 6) is 1.18. The van der Waals surface area contributed by atoms with E-state index in [1.165, 1.54) is 16.7 Å². The van der Waals surface area contributed by atoms with Gasteiger partial charge in [-0.05, 0) is 85.5 Å². The van der Waals surface area contributed by atoms with Crippen molar-refractivity contribution in [1.82, 2.24) is 4.90 Å². The number of nitrogens with zero attached hydrogens (tertiary/aromatic N) is 1. The molecule has 1 N–H and O–H groups in total. The number of aromatic hydroxyl groups is 1. The molecule has 0 bridgehead atoms. The molecule has 3 nitrogen and oxygen atoms in total. The van der Waals surface area contributed by atoms with Gasteiger partial charge >= 0.3 is 0 Å². The number of hydrogen-bond acceptors (Lipinski definition) is 3. The molecule has 0 amide bonds. The Morgan fingerprint density at radius 1 is 0.818 bits per heavy atom. The van der Waals surface area contributed by atoms with Crippen molar-refractivity contribution in [3.05, 3.63) is 95.6 Å². The van der Waals surface area contributed by atoms with Crippen LogP contribution in [-0.4, -0.2) is 36.8 Å². The van der Waals surface area contributed by atoms with Crippen molar-refractivity contribution in [2.24, 2.45) is 0 Å². The van der Waals surface area contributed by atoms with Gasteiger partial charge < -0.3 is 14.7 Å². The van der Waals surface area contributed by atoms with Gasteiger partial charge in [0, 0.05) is 6.04 Å². The zero-order valence-corrected chi connectivity index (χ0v) is 20.4. The lowest BCUT2D eigenvalue weighted by molar-refractivity contribution is 0.217. The van der Waals surface area contributed by atoms with Crippen LogP contribution in [0.2, 0.25) is 0 Å². The first-order chi connectivity index (χ1) is 16.0. The topological polar surface area (TPSA) is 32.7 Å². The van der Waals surface area contributed by atoms with E-state index in [0.717, 1.165) is 42.6 Å². The molecule has 0 aliphatic heterocycles. The molecular weight excluding hydrogens is 406 g/mol. The lowest BCUT2D eigenvalue weighted by atomic mass is 9.87. The van der Waals surface area contributed by atoms with Crippen molar-refractivity contribution in [2.75, 3.05) is 20.7 Å². The van der Waals surface area contributed by atoms with Gasteiger partial charge in [0.1, 0.15) is 11.5 Å². The van der Waals surface area contributed by atoms with Crippen molar-refractivity contribution in [3.8, 4) is 11.5 Å². The molecule has 3 aromatic rings. The van der Waals surface area contributed by atoms with E-state index in [9.17, 15) is 5.11 Å². The standard InChI is InChI=1S/C30H37NO2/c1-5-10-29(23-11-8-7-9-12-23)30(24-13-17-27(32)18-14-24)25-15-19-28(20-16-25)33-22-21-26(6-2)31(3)4/h7-9,11-20,26,32H,5-6,10,21-22H2,1-4H3/b30-29-. The SMILES string of the molecule is CCC/C(=C(\c1ccc(O)cc1)c1ccc(OCCC(CC)N(C)C)cc1)c1ccccc1. The maximum absolute atomic E-state index is 9.84. The number of phenols is 1. The molecule has 0 aliphatic rings. The monoisotopic (exact) mass is 443 g/mol. The number of ether oxygens (including phenoxy) is 1. The second kappa shape index (κ2) is 12.3. The molecule has 33 heavy (non-hydrogen) atoms. The largest absolute Gasteiger partial charge is 0.508 e. The summed E-state index contributed by atoms with van der Waals surface area (Å²) in [5.41, 5.74) is 6.00. The van der Waals surface area contributed by atoms with E-state index in [1.54, 1.807) is 12.1 Å². The molecule has 1 atom stereocenters. The number of rotatable bonds is 11. The Kier molecular flexibility index (Phi) is 9.14. The Hall–Kier alpha value is -3.04. The van der Waals surface area contributed by atoms with Crippen LogP contribution in [0.5, 0.6) is 11.5 Å². The van der Waals surface area contributed by atoms with Crippen LogP contribution in [0, 0.1) is 0 Å². The Balaban J connectivity index is 1.93. The van der Waals surface area contributed by atoms with Gasteiger partial charge in [-0.3, -0.25) is 0 Å². The zero-order chi connectivity index (χ0) is 23.6. The summed E-state index contributed by atoms with van der Waals surface area (Å²) in [6.45, 7) is 5.14. The summed E-state index contributed by atoms with van der Waals surface area (Å²) in [5, 5.41) is 9.84. The molecule has 0 heterocycles. The van der Waals surface area contributed by atoms with Crippen LogP contribution in [0.3, 0.4) is 0 Å². The Bertz CT molecular complexity index is 1010. The fourth-order valence-electron chi connectivity index (χ4n) is 4.30. The highest BCUT2D eigenvalue weighted by atomic mass is 16.5. The lowest BCUT2D eigenvalue weighted by Crippen LogP contribution is -2.28. The fraction of sp³-hybridized carbons (Fsp3) is 0.333. The van der Waals surface area contributed by atoms with Crippen molar-refractivity contribution in [2.45, 2.75) is 45.6 Å². The van der Waals surface area contributed by atoms with Crippen LogP contribution < -0.4 is 4.74 Å². The van der Waals surface area contributed by atoms with Gasteiger partial charge in [0.05, 0.1) is 6.61 Å². The Labute approximate surface area is 199 Å². The Morgan fingerprint density at radius 2 is 1.42 bits per heavy atom. The molecule has 0 fully saturated rings. The van der Waals surface area contributed by atoms with Gasteiger partial charge in [0.25, 0.3) is 0 Å². The van der Waals surface area contributed by atoms with E-state index < -0.39 is 0 Å². The highest BCUT2D eigenvalue weighted by Gasteiger charge is 2.14. The molecule has 174 valence electrons. The van der Waals surface area contributed by atoms with Crippen molar-refractivity contribution < 1.29 is 9.84 Å². The predicted octanol–water partition coefficient (Wildman–Crippen LogP) is 7.26. The first kappa shape index (κ1) is 24.6. The molecule has 0 saturated heterocycles. The van der Waals surface area contributed by atoms with E-state index in [-0.39, 0.29) is 5.75 Å². The minimum Gasteiger partial charge on any atom is -0.508 e. The lowest BCUT2D eigenvalue weighted by Gasteiger charge is -2.22. The summed E-state index contributed by atoms with van der Waals surface area (Å²) in [4.78, 5) is 2.26. The van der Waals surface area contributed by atoms with Gasteiger partial charge in [-0.2, -0.15) is 0 Å². The Morgan fingerprint density at radius 3 is 1.97 bits per heavy atom. The second-order valence-electron chi connectivity index (χ2n) is 8.70. The number of benzene rings is 3. The summed E-state index contributed by atoms with van der Waals surface area (Å²) < 4.78 is 6.06. The van der Waals surface area contributed by atoms with E-state index in [2.05, 4.69) is 87.4 Å². The molecule has 0 aromatic heterocycles.